The van der Waals surface area contributed by atoms with Gasteiger partial charge in [-0.05, 0) is 75.3 Å². The number of hydrogen-bond acceptors (Lipinski definition) is 8. The van der Waals surface area contributed by atoms with Crippen LogP contribution in [0.3, 0.4) is 0 Å². The second-order valence-electron chi connectivity index (χ2n) is 8.96. The number of anilines is 1. The highest BCUT2D eigenvalue weighted by Crippen LogP contribution is 2.40. The molecule has 1 N–H and O–H groups in total. The summed E-state index contributed by atoms with van der Waals surface area (Å²) < 4.78 is 13.1. The van der Waals surface area contributed by atoms with E-state index in [1.807, 2.05) is 30.5 Å². The topological polar surface area (TPSA) is 95.3 Å². The fourth-order valence-corrected chi connectivity index (χ4v) is 6.61. The predicted octanol–water partition coefficient (Wildman–Crippen LogP) is 5.93. The molecule has 4 rings (SSSR count). The van der Waals surface area contributed by atoms with Crippen LogP contribution >= 0.6 is 34.7 Å². The summed E-state index contributed by atoms with van der Waals surface area (Å²) in [6.45, 7) is 9.08. The Kier molecular flexibility index (Phi) is 9.15. The smallest absolute Gasteiger partial charge is 0.341 e. The number of nitrogens with one attached hydrogen (secondary N) is 1. The van der Waals surface area contributed by atoms with Gasteiger partial charge in [0.2, 0.25) is 5.91 Å². The van der Waals surface area contributed by atoms with Crippen LogP contribution in [0.25, 0.3) is 0 Å². The molecule has 11 heteroatoms. The molecule has 0 spiro atoms. The van der Waals surface area contributed by atoms with E-state index in [1.165, 1.54) is 23.1 Å². The molecule has 1 aromatic carbocycles. The van der Waals surface area contributed by atoms with Gasteiger partial charge < -0.3 is 19.4 Å². The Bertz CT molecular complexity index is 1290. The van der Waals surface area contributed by atoms with Crippen molar-refractivity contribution in [1.82, 2.24) is 14.8 Å². The number of halogens is 1. The molecule has 1 unspecified atom stereocenters. The van der Waals surface area contributed by atoms with Gasteiger partial charge in [-0.15, -0.1) is 21.5 Å². The van der Waals surface area contributed by atoms with Crippen LogP contribution in [-0.4, -0.2) is 39.0 Å². The third-order valence-electron chi connectivity index (χ3n) is 6.18. The molecular weight excluding hydrogens is 532 g/mol. The number of amides is 1. The van der Waals surface area contributed by atoms with Gasteiger partial charge in [-0.2, -0.15) is 0 Å². The number of carbonyl (C=O) groups is 2. The van der Waals surface area contributed by atoms with Crippen LogP contribution in [0.4, 0.5) is 5.00 Å². The van der Waals surface area contributed by atoms with Crippen molar-refractivity contribution < 1.29 is 19.1 Å². The highest BCUT2D eigenvalue weighted by Gasteiger charge is 2.29. The van der Waals surface area contributed by atoms with Crippen molar-refractivity contribution >= 4 is 51.6 Å². The number of benzene rings is 1. The summed E-state index contributed by atoms with van der Waals surface area (Å²) in [6.07, 6.45) is 2.76. The van der Waals surface area contributed by atoms with Crippen molar-refractivity contribution in [2.24, 2.45) is 5.92 Å². The first-order valence-electron chi connectivity index (χ1n) is 12.4. The van der Waals surface area contributed by atoms with Gasteiger partial charge >= 0.3 is 5.97 Å². The summed E-state index contributed by atoms with van der Waals surface area (Å²) in [6, 6.07) is 5.49. The fraction of sp³-hybridized carbons (Fsp3) is 0.462. The summed E-state index contributed by atoms with van der Waals surface area (Å²) >= 11 is 8.88. The fourth-order valence-electron chi connectivity index (χ4n) is 4.26. The molecule has 3 aromatic rings. The summed E-state index contributed by atoms with van der Waals surface area (Å²) in [5, 5.41) is 13.4. The number of rotatable bonds is 10. The van der Waals surface area contributed by atoms with Gasteiger partial charge in [0.05, 0.1) is 17.9 Å². The van der Waals surface area contributed by atoms with Gasteiger partial charge in [-0.25, -0.2) is 4.79 Å². The van der Waals surface area contributed by atoms with Gasteiger partial charge in [0, 0.05) is 16.4 Å². The van der Waals surface area contributed by atoms with Gasteiger partial charge in [0.25, 0.3) is 0 Å². The van der Waals surface area contributed by atoms with Gasteiger partial charge in [0.1, 0.15) is 17.4 Å². The average Bonchev–Trinajstić information content (AvgIpc) is 3.43. The van der Waals surface area contributed by atoms with Crippen molar-refractivity contribution in [3.63, 3.8) is 0 Å². The lowest BCUT2D eigenvalue weighted by Gasteiger charge is -2.18. The lowest BCUT2D eigenvalue weighted by Crippen LogP contribution is -2.18. The summed E-state index contributed by atoms with van der Waals surface area (Å²) in [5.41, 5.74) is 2.47. The molecule has 0 fully saturated rings. The van der Waals surface area contributed by atoms with E-state index in [-0.39, 0.29) is 24.2 Å². The van der Waals surface area contributed by atoms with E-state index in [1.54, 1.807) is 13.0 Å². The number of thioether (sulfide) groups is 1. The Morgan fingerprint density at radius 1 is 1.30 bits per heavy atom. The van der Waals surface area contributed by atoms with Crippen LogP contribution in [0.15, 0.2) is 23.4 Å². The maximum Gasteiger partial charge on any atom is 0.341 e. The molecule has 0 aliphatic heterocycles. The van der Waals surface area contributed by atoms with Gasteiger partial charge in [-0.3, -0.25) is 4.79 Å². The van der Waals surface area contributed by atoms with Crippen LogP contribution < -0.4 is 10.1 Å². The number of thiophene rings is 1. The molecule has 2 heterocycles. The van der Waals surface area contributed by atoms with Crippen molar-refractivity contribution in [2.75, 3.05) is 17.7 Å². The second-order valence-corrected chi connectivity index (χ2v) is 11.4. The van der Waals surface area contributed by atoms with Crippen LogP contribution in [0, 0.1) is 12.8 Å². The summed E-state index contributed by atoms with van der Waals surface area (Å²) in [5.74, 6) is 1.49. The predicted molar refractivity (Wildman–Crippen MR) is 147 cm³/mol. The Morgan fingerprint density at radius 3 is 2.84 bits per heavy atom. The van der Waals surface area contributed by atoms with Gasteiger partial charge in [-0.1, -0.05) is 30.3 Å². The molecule has 2 aromatic heterocycles. The molecular formula is C26H31ClN4O4S2. The van der Waals surface area contributed by atoms with E-state index in [0.29, 0.717) is 51.4 Å². The lowest BCUT2D eigenvalue weighted by molar-refractivity contribution is -0.113. The number of aryl methyl sites for hydroxylation is 1. The Labute approximate surface area is 230 Å². The average molecular weight is 563 g/mol. The van der Waals surface area contributed by atoms with E-state index in [2.05, 4.69) is 22.4 Å². The second kappa shape index (κ2) is 12.3. The molecule has 0 saturated heterocycles. The molecule has 1 aliphatic rings. The van der Waals surface area contributed by atoms with Crippen LogP contribution in [0.2, 0.25) is 5.02 Å². The minimum absolute atomic E-state index is 0.136. The zero-order chi connectivity index (χ0) is 26.5. The highest BCUT2D eigenvalue weighted by atomic mass is 35.5. The number of hydrogen-bond donors (Lipinski definition) is 1. The number of ether oxygens (including phenoxy) is 2. The largest absolute Gasteiger partial charge is 0.486 e. The molecule has 1 amide bonds. The van der Waals surface area contributed by atoms with Gasteiger partial charge in [0.15, 0.2) is 11.0 Å². The summed E-state index contributed by atoms with van der Waals surface area (Å²) in [4.78, 5) is 26.8. The quantitative estimate of drug-likeness (QED) is 0.241. The van der Waals surface area contributed by atoms with E-state index < -0.39 is 0 Å². The molecule has 0 saturated carbocycles. The molecule has 1 aliphatic carbocycles. The normalized spacial score (nSPS) is 14.8. The van der Waals surface area contributed by atoms with Crippen molar-refractivity contribution in [2.45, 2.75) is 65.3 Å². The zero-order valence-corrected chi connectivity index (χ0v) is 23.8. The van der Waals surface area contributed by atoms with Crippen LogP contribution in [-0.2, 0) is 35.5 Å². The number of fused-ring (bicyclic) bond motifs is 1. The van der Waals surface area contributed by atoms with E-state index >= 15 is 0 Å². The molecule has 8 nitrogen and oxygen atoms in total. The Balaban J connectivity index is 1.41. The van der Waals surface area contributed by atoms with E-state index in [9.17, 15) is 9.59 Å². The van der Waals surface area contributed by atoms with Crippen molar-refractivity contribution in [1.29, 1.82) is 0 Å². The van der Waals surface area contributed by atoms with E-state index in [0.717, 1.165) is 35.3 Å². The third kappa shape index (κ3) is 6.48. The number of aromatic nitrogens is 3. The SMILES string of the molecule is CCOC(=O)c1c(NC(=O)CSc2nnc(COc3ccc(Cl)c(C)c3)n2CC)sc2c1CCC(C)C2. The summed E-state index contributed by atoms with van der Waals surface area (Å²) in [7, 11) is 0. The number of nitrogens with zero attached hydrogens (tertiary/aromatic N) is 3. The highest BCUT2D eigenvalue weighted by molar-refractivity contribution is 7.99. The van der Waals surface area contributed by atoms with Crippen LogP contribution in [0.5, 0.6) is 5.75 Å². The maximum absolute atomic E-state index is 12.9. The minimum Gasteiger partial charge on any atom is -0.486 e. The first kappa shape index (κ1) is 27.5. The molecule has 1 atom stereocenters. The number of carbonyl (C=O) groups excluding carboxylic acids is 2. The monoisotopic (exact) mass is 562 g/mol. The maximum atomic E-state index is 12.9. The first-order chi connectivity index (χ1) is 17.8. The lowest BCUT2D eigenvalue weighted by atomic mass is 9.88. The standard InChI is InChI=1S/C26H31ClN4O4S2/c1-5-31-21(13-35-17-8-10-19(27)16(4)12-17)29-30-26(31)36-14-22(32)28-24-23(25(33)34-6-2)18-9-7-15(3)11-20(18)37-24/h8,10,12,15H,5-7,9,11,13-14H2,1-4H3,(H,28,32). The minimum atomic E-state index is -0.372. The molecule has 0 radical (unpaired) electrons. The Morgan fingerprint density at radius 2 is 2.11 bits per heavy atom. The Hall–Kier alpha value is -2.56. The molecule has 37 heavy (non-hydrogen) atoms. The van der Waals surface area contributed by atoms with E-state index in [4.69, 9.17) is 21.1 Å². The molecule has 198 valence electrons. The van der Waals surface area contributed by atoms with Crippen molar-refractivity contribution in [3.05, 3.63) is 50.6 Å². The molecule has 0 bridgehead atoms. The number of esters is 1. The van der Waals surface area contributed by atoms with Crippen LogP contribution in [0.1, 0.15) is 59.4 Å². The van der Waals surface area contributed by atoms with Crippen molar-refractivity contribution in [3.8, 4) is 5.75 Å². The first-order valence-corrected chi connectivity index (χ1v) is 14.5. The zero-order valence-electron chi connectivity index (χ0n) is 21.4. The third-order valence-corrected chi connectivity index (χ3v) is 8.74.